The van der Waals surface area contributed by atoms with Crippen LogP contribution in [-0.4, -0.2) is 11.8 Å². The predicted molar refractivity (Wildman–Crippen MR) is 94.7 cm³/mol. The molecular weight excluding hydrogens is 343 g/mol. The highest BCUT2D eigenvalue weighted by molar-refractivity contribution is 6.31. The molecule has 0 atom stereocenters. The summed E-state index contributed by atoms with van der Waals surface area (Å²) in [6.07, 6.45) is 0.948. The van der Waals surface area contributed by atoms with E-state index >= 15 is 0 Å². The van der Waals surface area contributed by atoms with Gasteiger partial charge in [0.15, 0.2) is 0 Å². The van der Waals surface area contributed by atoms with Crippen LogP contribution in [0.2, 0.25) is 5.02 Å². The van der Waals surface area contributed by atoms with Crippen LogP contribution in [0.3, 0.4) is 0 Å². The first-order chi connectivity index (χ1) is 11.9. The third kappa shape index (κ3) is 3.66. The summed E-state index contributed by atoms with van der Waals surface area (Å²) in [5.41, 5.74) is 0.753. The van der Waals surface area contributed by atoms with Crippen molar-refractivity contribution >= 4 is 29.1 Å². The zero-order chi connectivity index (χ0) is 18.0. The maximum absolute atomic E-state index is 13.6. The summed E-state index contributed by atoms with van der Waals surface area (Å²) in [4.78, 5) is 25.1. The number of rotatable bonds is 5. The van der Waals surface area contributed by atoms with Crippen LogP contribution >= 0.6 is 11.6 Å². The van der Waals surface area contributed by atoms with E-state index in [1.807, 2.05) is 6.92 Å². The fourth-order valence-corrected chi connectivity index (χ4v) is 2.81. The molecule has 0 unspecified atom stereocenters. The second-order valence-electron chi connectivity index (χ2n) is 6.27. The molecule has 3 rings (SSSR count). The lowest BCUT2D eigenvalue weighted by molar-refractivity contribution is -0.134. The monoisotopic (exact) mass is 360 g/mol. The van der Waals surface area contributed by atoms with Gasteiger partial charge in [-0.3, -0.25) is 9.59 Å². The maximum Gasteiger partial charge on any atom is 0.240 e. The van der Waals surface area contributed by atoms with Gasteiger partial charge in [-0.25, -0.2) is 4.39 Å². The molecule has 0 spiro atoms. The van der Waals surface area contributed by atoms with E-state index in [4.69, 9.17) is 11.6 Å². The lowest BCUT2D eigenvalue weighted by atomic mass is 10.0. The third-order valence-corrected chi connectivity index (χ3v) is 4.70. The fraction of sp³-hybridized carbons (Fsp3) is 0.263. The molecule has 25 heavy (non-hydrogen) atoms. The number of hydrogen-bond acceptors (Lipinski definition) is 2. The number of halogens is 2. The molecule has 0 aliphatic heterocycles. The molecule has 130 valence electrons. The standard InChI is InChI=1S/C19H18ClFN2O2/c1-12-6-7-14(20)10-16(12)23-18(25)19(8-9-19)17(24)22-11-13-4-2-3-5-15(13)21/h2-7,10H,8-9,11H2,1H3,(H,22,24)(H,23,25). The molecule has 2 aromatic rings. The molecule has 0 saturated heterocycles. The Bertz CT molecular complexity index is 834. The number of aryl methyl sites for hydroxylation is 1. The van der Waals surface area contributed by atoms with Crippen LogP contribution in [0.4, 0.5) is 10.1 Å². The molecule has 1 aliphatic carbocycles. The quantitative estimate of drug-likeness (QED) is 0.796. The van der Waals surface area contributed by atoms with Crippen LogP contribution in [0.15, 0.2) is 42.5 Å². The SMILES string of the molecule is Cc1ccc(Cl)cc1NC(=O)C1(C(=O)NCc2ccccc2F)CC1. The summed E-state index contributed by atoms with van der Waals surface area (Å²) in [6.45, 7) is 1.90. The number of carbonyl (C=O) groups is 2. The lowest BCUT2D eigenvalue weighted by Gasteiger charge is -2.17. The van der Waals surface area contributed by atoms with Gasteiger partial charge in [-0.2, -0.15) is 0 Å². The van der Waals surface area contributed by atoms with E-state index in [0.29, 0.717) is 29.1 Å². The zero-order valence-corrected chi connectivity index (χ0v) is 14.5. The number of carbonyl (C=O) groups excluding carboxylic acids is 2. The molecule has 2 N–H and O–H groups in total. The molecule has 2 aromatic carbocycles. The first kappa shape index (κ1) is 17.4. The minimum Gasteiger partial charge on any atom is -0.351 e. The van der Waals surface area contributed by atoms with Crippen molar-refractivity contribution in [2.45, 2.75) is 26.3 Å². The maximum atomic E-state index is 13.6. The number of anilines is 1. The van der Waals surface area contributed by atoms with E-state index in [1.165, 1.54) is 6.07 Å². The minimum atomic E-state index is -1.08. The van der Waals surface area contributed by atoms with Gasteiger partial charge < -0.3 is 10.6 Å². The van der Waals surface area contributed by atoms with Gasteiger partial charge in [-0.15, -0.1) is 0 Å². The molecule has 6 heteroatoms. The van der Waals surface area contributed by atoms with Gasteiger partial charge in [-0.1, -0.05) is 35.9 Å². The van der Waals surface area contributed by atoms with Crippen LogP contribution < -0.4 is 10.6 Å². The highest BCUT2D eigenvalue weighted by Gasteiger charge is 2.56. The number of nitrogens with one attached hydrogen (secondary N) is 2. The van der Waals surface area contributed by atoms with E-state index in [9.17, 15) is 14.0 Å². The number of amides is 2. The van der Waals surface area contributed by atoms with Crippen molar-refractivity contribution in [3.8, 4) is 0 Å². The summed E-state index contributed by atoms with van der Waals surface area (Å²) in [5.74, 6) is -1.12. The van der Waals surface area contributed by atoms with E-state index in [-0.39, 0.29) is 24.2 Å². The van der Waals surface area contributed by atoms with Crippen LogP contribution in [0, 0.1) is 18.2 Å². The van der Waals surface area contributed by atoms with Crippen molar-refractivity contribution < 1.29 is 14.0 Å². The Morgan fingerprint density at radius 2 is 1.88 bits per heavy atom. The average molecular weight is 361 g/mol. The number of hydrogen-bond donors (Lipinski definition) is 2. The Balaban J connectivity index is 1.67. The topological polar surface area (TPSA) is 58.2 Å². The highest BCUT2D eigenvalue weighted by Crippen LogP contribution is 2.47. The van der Waals surface area contributed by atoms with Gasteiger partial charge in [0.1, 0.15) is 11.2 Å². The molecule has 0 radical (unpaired) electrons. The molecule has 2 amide bonds. The van der Waals surface area contributed by atoms with Crippen LogP contribution in [0.1, 0.15) is 24.0 Å². The van der Waals surface area contributed by atoms with E-state index < -0.39 is 5.41 Å². The van der Waals surface area contributed by atoms with Gasteiger partial charge >= 0.3 is 0 Å². The first-order valence-electron chi connectivity index (χ1n) is 8.02. The molecule has 4 nitrogen and oxygen atoms in total. The molecule has 1 aliphatic rings. The van der Waals surface area contributed by atoms with Crippen molar-refractivity contribution in [3.05, 3.63) is 64.4 Å². The Morgan fingerprint density at radius 1 is 1.16 bits per heavy atom. The fourth-order valence-electron chi connectivity index (χ4n) is 2.64. The molecule has 1 fully saturated rings. The van der Waals surface area contributed by atoms with Gasteiger partial charge in [0, 0.05) is 22.8 Å². The molecular formula is C19H18ClFN2O2. The minimum absolute atomic E-state index is 0.0523. The summed E-state index contributed by atoms with van der Waals surface area (Å²) >= 11 is 5.96. The first-order valence-corrected chi connectivity index (χ1v) is 8.39. The Labute approximate surface area is 150 Å². The Morgan fingerprint density at radius 3 is 2.56 bits per heavy atom. The highest BCUT2D eigenvalue weighted by atomic mass is 35.5. The molecule has 1 saturated carbocycles. The van der Waals surface area contributed by atoms with Gasteiger partial charge in [0.2, 0.25) is 11.8 Å². The van der Waals surface area contributed by atoms with Crippen molar-refractivity contribution in [1.29, 1.82) is 0 Å². The largest absolute Gasteiger partial charge is 0.351 e. The molecule has 0 heterocycles. The van der Waals surface area contributed by atoms with Crippen molar-refractivity contribution in [1.82, 2.24) is 5.32 Å². The summed E-state index contributed by atoms with van der Waals surface area (Å²) < 4.78 is 13.6. The zero-order valence-electron chi connectivity index (χ0n) is 13.7. The van der Waals surface area contributed by atoms with Crippen LogP contribution in [-0.2, 0) is 16.1 Å². The normalized spacial score (nSPS) is 14.7. The Kier molecular flexibility index (Phi) is 4.77. The predicted octanol–water partition coefficient (Wildman–Crippen LogP) is 3.82. The van der Waals surface area contributed by atoms with E-state index in [2.05, 4.69) is 10.6 Å². The second kappa shape index (κ2) is 6.84. The molecule has 0 aromatic heterocycles. The van der Waals surface area contributed by atoms with Gasteiger partial charge in [-0.05, 0) is 43.5 Å². The molecule has 0 bridgehead atoms. The lowest BCUT2D eigenvalue weighted by Crippen LogP contribution is -2.39. The Hall–Kier alpha value is -2.40. The van der Waals surface area contributed by atoms with Crippen molar-refractivity contribution in [2.75, 3.05) is 5.32 Å². The van der Waals surface area contributed by atoms with E-state index in [1.54, 1.807) is 36.4 Å². The second-order valence-corrected chi connectivity index (χ2v) is 6.71. The van der Waals surface area contributed by atoms with Crippen LogP contribution in [0.5, 0.6) is 0 Å². The van der Waals surface area contributed by atoms with Crippen molar-refractivity contribution in [3.63, 3.8) is 0 Å². The van der Waals surface area contributed by atoms with Gasteiger partial charge in [0.25, 0.3) is 0 Å². The smallest absolute Gasteiger partial charge is 0.240 e. The van der Waals surface area contributed by atoms with Crippen molar-refractivity contribution in [2.24, 2.45) is 5.41 Å². The average Bonchev–Trinajstić information content (AvgIpc) is 3.39. The van der Waals surface area contributed by atoms with Gasteiger partial charge in [0.05, 0.1) is 0 Å². The number of benzene rings is 2. The van der Waals surface area contributed by atoms with Crippen LogP contribution in [0.25, 0.3) is 0 Å². The summed E-state index contributed by atoms with van der Waals surface area (Å²) in [7, 11) is 0. The van der Waals surface area contributed by atoms with E-state index in [0.717, 1.165) is 5.56 Å². The third-order valence-electron chi connectivity index (χ3n) is 4.46. The summed E-state index contributed by atoms with van der Waals surface area (Å²) in [6, 6.07) is 11.4. The summed E-state index contributed by atoms with van der Waals surface area (Å²) in [5, 5.41) is 5.96.